The molecule has 0 aliphatic carbocycles. The average Bonchev–Trinajstić information content (AvgIpc) is 2.45. The Labute approximate surface area is 152 Å². The van der Waals surface area contributed by atoms with Crippen LogP contribution >= 0.6 is 0 Å². The van der Waals surface area contributed by atoms with Crippen LogP contribution in [0.1, 0.15) is 104 Å². The van der Waals surface area contributed by atoms with E-state index in [-0.39, 0.29) is 17.0 Å². The van der Waals surface area contributed by atoms with Gasteiger partial charge in [0.1, 0.15) is 0 Å². The summed E-state index contributed by atoms with van der Waals surface area (Å²) >= 11 is 0. The molecule has 0 aromatic rings. The zero-order chi connectivity index (χ0) is 15.8. The molecule has 0 aromatic carbocycles. The number of hydrogen-bond donors (Lipinski definition) is 0. The molecule has 1 nitrogen and oxygen atoms in total. The molecule has 0 aliphatic rings. The van der Waals surface area contributed by atoms with Gasteiger partial charge in [0.2, 0.25) is 0 Å². The van der Waals surface area contributed by atoms with E-state index in [0.29, 0.717) is 0 Å². The van der Waals surface area contributed by atoms with Crippen molar-refractivity contribution >= 4 is 0 Å². The summed E-state index contributed by atoms with van der Waals surface area (Å²) in [7, 11) is 4.85. The molecule has 0 heterocycles. The van der Waals surface area contributed by atoms with Crippen LogP contribution in [0.5, 0.6) is 0 Å². The van der Waals surface area contributed by atoms with E-state index in [1.165, 1.54) is 107 Å². The van der Waals surface area contributed by atoms with Gasteiger partial charge in [0.15, 0.2) is 0 Å². The Kier molecular flexibility index (Phi) is 20.0. The van der Waals surface area contributed by atoms with Crippen molar-refractivity contribution in [3.63, 3.8) is 0 Å². The lowest BCUT2D eigenvalue weighted by Crippen LogP contribution is -3.00. The van der Waals surface area contributed by atoms with Crippen LogP contribution in [-0.2, 0) is 0 Å². The predicted molar refractivity (Wildman–Crippen MR) is 97.8 cm³/mol. The zero-order valence-electron chi connectivity index (χ0n) is 16.1. The third kappa shape index (κ3) is 18.5. The van der Waals surface area contributed by atoms with Gasteiger partial charge in [-0.05, 0) is 25.7 Å². The van der Waals surface area contributed by atoms with Crippen molar-refractivity contribution < 1.29 is 21.5 Å². The zero-order valence-corrected chi connectivity index (χ0v) is 17.7. The molecule has 0 rings (SSSR count). The topological polar surface area (TPSA) is 0 Å². The molecular weight excluding hydrogens is 334 g/mol. The van der Waals surface area contributed by atoms with E-state index < -0.39 is 0 Å². The highest BCUT2D eigenvalue weighted by atomic mass is 79.9. The number of halogens is 1. The van der Waals surface area contributed by atoms with E-state index in [1.807, 2.05) is 0 Å². The van der Waals surface area contributed by atoms with Gasteiger partial charge in [0.25, 0.3) is 0 Å². The second-order valence-corrected chi connectivity index (χ2v) is 7.63. The minimum absolute atomic E-state index is 0. The van der Waals surface area contributed by atoms with Gasteiger partial charge in [0, 0.05) is 0 Å². The van der Waals surface area contributed by atoms with Crippen LogP contribution in [0, 0.1) is 0 Å². The number of hydrogen-bond acceptors (Lipinski definition) is 0. The van der Waals surface area contributed by atoms with Crippen LogP contribution in [0.4, 0.5) is 0 Å². The van der Waals surface area contributed by atoms with Crippen molar-refractivity contribution in [3.8, 4) is 0 Å². The number of unbranched alkanes of at least 4 members (excludes halogenated alkanes) is 12. The molecule has 0 aliphatic heterocycles. The van der Waals surface area contributed by atoms with Crippen molar-refractivity contribution in [2.45, 2.75) is 104 Å². The van der Waals surface area contributed by atoms with Gasteiger partial charge in [-0.2, -0.15) is 0 Å². The SMILES string of the molecule is CCCCCCCCCC[N+](C)(C)CCCCCCCC.[Br-]. The van der Waals surface area contributed by atoms with Crippen LogP contribution < -0.4 is 17.0 Å². The Morgan fingerprint density at radius 1 is 0.455 bits per heavy atom. The van der Waals surface area contributed by atoms with Gasteiger partial charge >= 0.3 is 0 Å². The largest absolute Gasteiger partial charge is 1.00 e. The summed E-state index contributed by atoms with van der Waals surface area (Å²) in [6.07, 6.45) is 20.1. The van der Waals surface area contributed by atoms with E-state index >= 15 is 0 Å². The lowest BCUT2D eigenvalue weighted by atomic mass is 10.1. The van der Waals surface area contributed by atoms with Crippen molar-refractivity contribution in [1.29, 1.82) is 0 Å². The molecule has 0 N–H and O–H groups in total. The van der Waals surface area contributed by atoms with E-state index in [2.05, 4.69) is 27.9 Å². The first-order valence-electron chi connectivity index (χ1n) is 9.94. The Morgan fingerprint density at radius 3 is 1.05 bits per heavy atom. The van der Waals surface area contributed by atoms with Crippen molar-refractivity contribution in [2.24, 2.45) is 0 Å². The Balaban J connectivity index is 0. The van der Waals surface area contributed by atoms with Gasteiger partial charge in [-0.3, -0.25) is 0 Å². The maximum atomic E-state index is 2.42. The first-order valence-corrected chi connectivity index (χ1v) is 9.94. The lowest BCUT2D eigenvalue weighted by molar-refractivity contribution is -0.890. The van der Waals surface area contributed by atoms with Gasteiger partial charge in [-0.15, -0.1) is 0 Å². The molecular formula is C20H44BrN. The Hall–Kier alpha value is 0.440. The molecule has 0 spiro atoms. The highest BCUT2D eigenvalue weighted by Gasteiger charge is 2.13. The second kappa shape index (κ2) is 17.8. The molecule has 0 aromatic heterocycles. The summed E-state index contributed by atoms with van der Waals surface area (Å²) in [5.41, 5.74) is 0. The van der Waals surface area contributed by atoms with Crippen molar-refractivity contribution in [3.05, 3.63) is 0 Å². The van der Waals surface area contributed by atoms with Crippen molar-refractivity contribution in [2.75, 3.05) is 27.2 Å². The molecule has 0 unspecified atom stereocenters. The molecule has 136 valence electrons. The third-order valence-corrected chi connectivity index (χ3v) is 4.73. The predicted octanol–water partition coefficient (Wildman–Crippen LogP) is 3.57. The van der Waals surface area contributed by atoms with Crippen LogP contribution in [-0.4, -0.2) is 31.7 Å². The van der Waals surface area contributed by atoms with Crippen LogP contribution in [0.15, 0.2) is 0 Å². The summed E-state index contributed by atoms with van der Waals surface area (Å²) in [5.74, 6) is 0. The molecule has 0 fully saturated rings. The molecule has 0 saturated carbocycles. The highest BCUT2D eigenvalue weighted by Crippen LogP contribution is 2.12. The summed E-state index contributed by atoms with van der Waals surface area (Å²) in [4.78, 5) is 0. The maximum Gasteiger partial charge on any atom is 0.0782 e. The Bertz CT molecular complexity index is 204. The number of rotatable bonds is 16. The second-order valence-electron chi connectivity index (χ2n) is 7.63. The van der Waals surface area contributed by atoms with Gasteiger partial charge in [-0.25, -0.2) is 0 Å². The number of nitrogens with zero attached hydrogens (tertiary/aromatic N) is 1. The first-order chi connectivity index (χ1) is 10.1. The normalized spacial score (nSPS) is 11.5. The van der Waals surface area contributed by atoms with Crippen molar-refractivity contribution in [1.82, 2.24) is 0 Å². The molecule has 0 saturated heterocycles. The maximum absolute atomic E-state index is 2.42. The molecule has 0 radical (unpaired) electrons. The van der Waals surface area contributed by atoms with Crippen LogP contribution in [0.3, 0.4) is 0 Å². The van der Waals surface area contributed by atoms with E-state index in [4.69, 9.17) is 0 Å². The molecule has 0 amide bonds. The Morgan fingerprint density at radius 2 is 0.727 bits per heavy atom. The summed E-state index contributed by atoms with van der Waals surface area (Å²) in [6.45, 7) is 7.35. The third-order valence-electron chi connectivity index (χ3n) is 4.73. The highest BCUT2D eigenvalue weighted by molar-refractivity contribution is 4.48. The average molecular weight is 378 g/mol. The summed E-state index contributed by atoms with van der Waals surface area (Å²) in [6, 6.07) is 0. The molecule has 2 heteroatoms. The standard InChI is InChI=1S/C20H44N.BrH/c1-5-7-9-11-13-14-16-18-20-21(3,4)19-17-15-12-10-8-6-2;/h5-20H2,1-4H3;1H/q+1;/p-1. The monoisotopic (exact) mass is 377 g/mol. The van der Waals surface area contributed by atoms with E-state index in [9.17, 15) is 0 Å². The summed E-state index contributed by atoms with van der Waals surface area (Å²) < 4.78 is 1.24. The quantitative estimate of drug-likeness (QED) is 0.285. The molecule has 0 atom stereocenters. The van der Waals surface area contributed by atoms with Gasteiger partial charge in [-0.1, -0.05) is 78.1 Å². The van der Waals surface area contributed by atoms with Crippen LogP contribution in [0.25, 0.3) is 0 Å². The molecule has 22 heavy (non-hydrogen) atoms. The van der Waals surface area contributed by atoms with E-state index in [1.54, 1.807) is 0 Å². The fraction of sp³-hybridized carbons (Fsp3) is 1.00. The lowest BCUT2D eigenvalue weighted by Gasteiger charge is -2.30. The molecule has 0 bridgehead atoms. The van der Waals surface area contributed by atoms with Crippen LogP contribution in [0.2, 0.25) is 0 Å². The van der Waals surface area contributed by atoms with Gasteiger partial charge < -0.3 is 21.5 Å². The minimum Gasteiger partial charge on any atom is -1.00 e. The minimum atomic E-state index is 0. The first kappa shape index (κ1) is 24.7. The summed E-state index contributed by atoms with van der Waals surface area (Å²) in [5, 5.41) is 0. The fourth-order valence-corrected chi connectivity index (χ4v) is 3.11. The van der Waals surface area contributed by atoms with E-state index in [0.717, 1.165) is 0 Å². The number of quaternary nitrogens is 1. The van der Waals surface area contributed by atoms with Gasteiger partial charge in [0.05, 0.1) is 27.2 Å². The smallest absolute Gasteiger partial charge is 0.0782 e. The fourth-order valence-electron chi connectivity index (χ4n) is 3.11.